The fourth-order valence-corrected chi connectivity index (χ4v) is 2.63. The van der Waals surface area contributed by atoms with Crippen molar-refractivity contribution in [3.63, 3.8) is 0 Å². The van der Waals surface area contributed by atoms with Crippen molar-refractivity contribution in [2.24, 2.45) is 4.99 Å². The minimum atomic E-state index is 0.511. The van der Waals surface area contributed by atoms with Crippen LogP contribution in [0.2, 0.25) is 5.15 Å². The van der Waals surface area contributed by atoms with Crippen LogP contribution >= 0.6 is 11.6 Å². The van der Waals surface area contributed by atoms with Gasteiger partial charge >= 0.3 is 0 Å². The number of nitrogens with zero attached hydrogens (tertiary/aromatic N) is 4. The maximum absolute atomic E-state index is 5.80. The summed E-state index contributed by atoms with van der Waals surface area (Å²) in [5.41, 5.74) is 3.32. The van der Waals surface area contributed by atoms with Gasteiger partial charge in [-0.3, -0.25) is 4.99 Å². The predicted octanol–water partition coefficient (Wildman–Crippen LogP) is 2.83. The molecule has 0 aliphatic carbocycles. The second-order valence-electron chi connectivity index (χ2n) is 5.71. The summed E-state index contributed by atoms with van der Waals surface area (Å²) in [6.45, 7) is 1.44. The van der Waals surface area contributed by atoms with E-state index in [1.54, 1.807) is 25.5 Å². The second-order valence-corrected chi connectivity index (χ2v) is 6.10. The number of pyridine rings is 1. The summed E-state index contributed by atoms with van der Waals surface area (Å²) in [7, 11) is 1.76. The summed E-state index contributed by atoms with van der Waals surface area (Å²) >= 11 is 5.80. The molecule has 134 valence electrons. The van der Waals surface area contributed by atoms with Gasteiger partial charge in [0.1, 0.15) is 5.15 Å². The molecule has 0 atom stereocenters. The molecule has 0 fully saturated rings. The quantitative estimate of drug-likeness (QED) is 0.399. The van der Waals surface area contributed by atoms with Gasteiger partial charge in [-0.1, -0.05) is 29.8 Å². The van der Waals surface area contributed by atoms with Crippen molar-refractivity contribution in [1.29, 1.82) is 0 Å². The molecule has 0 bridgehead atoms. The first-order valence-corrected chi connectivity index (χ1v) is 8.76. The molecule has 0 aliphatic heterocycles. The SMILES string of the molecule is CN=C(NCCc1ccc(Cl)nc1)NCc1cccc(-n2cccn2)c1. The zero-order valence-electron chi connectivity index (χ0n) is 14.6. The van der Waals surface area contributed by atoms with E-state index >= 15 is 0 Å². The van der Waals surface area contributed by atoms with Crippen LogP contribution in [0.5, 0.6) is 0 Å². The summed E-state index contributed by atoms with van der Waals surface area (Å²) < 4.78 is 1.84. The number of aliphatic imine (C=N–C) groups is 1. The van der Waals surface area contributed by atoms with Gasteiger partial charge in [0.05, 0.1) is 5.69 Å². The monoisotopic (exact) mass is 368 g/mol. The fourth-order valence-electron chi connectivity index (χ4n) is 2.52. The average molecular weight is 369 g/mol. The maximum atomic E-state index is 5.80. The first-order valence-electron chi connectivity index (χ1n) is 8.38. The molecule has 7 heteroatoms. The fraction of sp³-hybridized carbons (Fsp3) is 0.211. The maximum Gasteiger partial charge on any atom is 0.191 e. The minimum Gasteiger partial charge on any atom is -0.356 e. The van der Waals surface area contributed by atoms with Crippen molar-refractivity contribution < 1.29 is 0 Å². The highest BCUT2D eigenvalue weighted by Crippen LogP contribution is 2.09. The van der Waals surface area contributed by atoms with Crippen LogP contribution in [0.3, 0.4) is 0 Å². The number of hydrogen-bond donors (Lipinski definition) is 2. The van der Waals surface area contributed by atoms with Crippen molar-refractivity contribution in [3.8, 4) is 5.69 Å². The van der Waals surface area contributed by atoms with Gasteiger partial charge in [-0.05, 0) is 41.8 Å². The van der Waals surface area contributed by atoms with Crippen LogP contribution in [-0.2, 0) is 13.0 Å². The molecule has 0 saturated carbocycles. The molecule has 3 rings (SSSR count). The lowest BCUT2D eigenvalue weighted by Crippen LogP contribution is -2.37. The minimum absolute atomic E-state index is 0.511. The van der Waals surface area contributed by atoms with Gasteiger partial charge in [0.15, 0.2) is 5.96 Å². The Hall–Kier alpha value is -2.86. The molecule has 26 heavy (non-hydrogen) atoms. The molecule has 0 saturated heterocycles. The topological polar surface area (TPSA) is 67.1 Å². The van der Waals surface area contributed by atoms with Crippen LogP contribution < -0.4 is 10.6 Å². The summed E-state index contributed by atoms with van der Waals surface area (Å²) in [6.07, 6.45) is 6.34. The highest BCUT2D eigenvalue weighted by Gasteiger charge is 2.02. The highest BCUT2D eigenvalue weighted by molar-refractivity contribution is 6.29. The van der Waals surface area contributed by atoms with Gasteiger partial charge in [0.25, 0.3) is 0 Å². The smallest absolute Gasteiger partial charge is 0.191 e. The Balaban J connectivity index is 1.49. The number of benzene rings is 1. The number of halogens is 1. The molecule has 0 spiro atoms. The zero-order chi connectivity index (χ0) is 18.2. The van der Waals surface area contributed by atoms with Crippen LogP contribution in [0, 0.1) is 0 Å². The molecule has 0 radical (unpaired) electrons. The molecular formula is C19H21ClN6. The number of hydrogen-bond acceptors (Lipinski definition) is 3. The number of guanidine groups is 1. The molecule has 3 aromatic rings. The Kier molecular flexibility index (Phi) is 6.22. The summed E-state index contributed by atoms with van der Waals surface area (Å²) in [5, 5.41) is 11.4. The predicted molar refractivity (Wildman–Crippen MR) is 105 cm³/mol. The molecule has 2 N–H and O–H groups in total. The van der Waals surface area contributed by atoms with Crippen molar-refractivity contribution in [1.82, 2.24) is 25.4 Å². The standard InChI is InChI=1S/C19H21ClN6/c1-21-19(22-10-8-15-6-7-18(20)23-13-15)24-14-16-4-2-5-17(12-16)26-11-3-9-25-26/h2-7,9,11-13H,8,10,14H2,1H3,(H2,21,22,24). The molecule has 0 aliphatic rings. The number of nitrogens with one attached hydrogen (secondary N) is 2. The lowest BCUT2D eigenvalue weighted by molar-refractivity contribution is 0.791. The third kappa shape index (κ3) is 5.07. The first-order chi connectivity index (χ1) is 12.7. The Bertz CT molecular complexity index is 843. The highest BCUT2D eigenvalue weighted by atomic mass is 35.5. The van der Waals surface area contributed by atoms with Gasteiger partial charge < -0.3 is 10.6 Å². The van der Waals surface area contributed by atoms with E-state index in [2.05, 4.69) is 37.8 Å². The number of aromatic nitrogens is 3. The Labute approximate surface area is 157 Å². The van der Waals surface area contributed by atoms with Gasteiger partial charge in [0, 0.05) is 38.7 Å². The van der Waals surface area contributed by atoms with E-state index in [0.29, 0.717) is 11.7 Å². The van der Waals surface area contributed by atoms with Gasteiger partial charge in [-0.15, -0.1) is 0 Å². The van der Waals surface area contributed by atoms with Crippen molar-refractivity contribution >= 4 is 17.6 Å². The van der Waals surface area contributed by atoms with Gasteiger partial charge in [-0.2, -0.15) is 5.10 Å². The van der Waals surface area contributed by atoms with E-state index in [1.807, 2.05) is 35.1 Å². The largest absolute Gasteiger partial charge is 0.356 e. The Morgan fingerprint density at radius 1 is 1.15 bits per heavy atom. The van der Waals surface area contributed by atoms with E-state index in [4.69, 9.17) is 11.6 Å². The lowest BCUT2D eigenvalue weighted by atomic mass is 10.2. The van der Waals surface area contributed by atoms with Crippen molar-refractivity contribution in [3.05, 3.63) is 77.3 Å². The van der Waals surface area contributed by atoms with Gasteiger partial charge in [0.2, 0.25) is 0 Å². The van der Waals surface area contributed by atoms with Gasteiger partial charge in [-0.25, -0.2) is 9.67 Å². The van der Waals surface area contributed by atoms with E-state index in [1.165, 1.54) is 0 Å². The summed E-state index contributed by atoms with van der Waals surface area (Å²) in [4.78, 5) is 8.35. The molecule has 0 amide bonds. The first kappa shape index (κ1) is 17.9. The van der Waals surface area contributed by atoms with Crippen molar-refractivity contribution in [2.75, 3.05) is 13.6 Å². The third-order valence-electron chi connectivity index (χ3n) is 3.86. The summed E-state index contributed by atoms with van der Waals surface area (Å²) in [6, 6.07) is 13.9. The molecule has 6 nitrogen and oxygen atoms in total. The third-order valence-corrected chi connectivity index (χ3v) is 4.08. The Morgan fingerprint density at radius 2 is 2.08 bits per heavy atom. The summed E-state index contributed by atoms with van der Waals surface area (Å²) in [5.74, 6) is 0.761. The molecule has 1 aromatic carbocycles. The van der Waals surface area contributed by atoms with Crippen LogP contribution in [0.1, 0.15) is 11.1 Å². The van der Waals surface area contributed by atoms with E-state index in [0.717, 1.165) is 35.7 Å². The van der Waals surface area contributed by atoms with E-state index in [9.17, 15) is 0 Å². The number of rotatable bonds is 6. The average Bonchev–Trinajstić information content (AvgIpc) is 3.21. The van der Waals surface area contributed by atoms with Crippen molar-refractivity contribution in [2.45, 2.75) is 13.0 Å². The van der Waals surface area contributed by atoms with Crippen LogP contribution in [-0.4, -0.2) is 34.3 Å². The molecule has 2 heterocycles. The van der Waals surface area contributed by atoms with Crippen LogP contribution in [0.25, 0.3) is 5.69 Å². The Morgan fingerprint density at radius 3 is 2.81 bits per heavy atom. The van der Waals surface area contributed by atoms with E-state index < -0.39 is 0 Å². The van der Waals surface area contributed by atoms with Crippen LogP contribution in [0.15, 0.2) is 66.0 Å². The van der Waals surface area contributed by atoms with Crippen LogP contribution in [0.4, 0.5) is 0 Å². The molecule has 0 unspecified atom stereocenters. The lowest BCUT2D eigenvalue weighted by Gasteiger charge is -2.12. The molecule has 2 aromatic heterocycles. The normalized spacial score (nSPS) is 11.4. The molecular weight excluding hydrogens is 348 g/mol. The zero-order valence-corrected chi connectivity index (χ0v) is 15.3. The second kappa shape index (κ2) is 9.01. The van der Waals surface area contributed by atoms with E-state index in [-0.39, 0.29) is 0 Å².